The van der Waals surface area contributed by atoms with E-state index in [1.165, 1.54) is 0 Å². The van der Waals surface area contributed by atoms with E-state index in [2.05, 4.69) is 37.2 Å². The summed E-state index contributed by atoms with van der Waals surface area (Å²) >= 11 is 7.04. The number of urea groups is 1. The third kappa shape index (κ3) is 2.04. The van der Waals surface area contributed by atoms with Crippen LogP contribution >= 0.6 is 31.9 Å². The van der Waals surface area contributed by atoms with E-state index in [0.29, 0.717) is 0 Å². The Kier molecular flexibility index (Phi) is 3.29. The fourth-order valence-electron chi connectivity index (χ4n) is 3.19. The molecule has 1 fully saturated rings. The average Bonchev–Trinajstić information content (AvgIpc) is 2.29. The number of halogens is 2. The molecule has 4 nitrogen and oxygen atoms in total. The number of carbonyl (C=O) groups is 1. The monoisotopic (exact) mass is 402 g/mol. The van der Waals surface area contributed by atoms with E-state index < -0.39 is 5.72 Å². The number of rotatable bonds is 1. The van der Waals surface area contributed by atoms with E-state index >= 15 is 0 Å². The molecule has 1 N–H and O–H groups in total. The van der Waals surface area contributed by atoms with Crippen LogP contribution in [-0.2, 0) is 0 Å². The highest BCUT2D eigenvalue weighted by atomic mass is 79.9. The van der Waals surface area contributed by atoms with Gasteiger partial charge in [0.25, 0.3) is 0 Å². The Hall–Kier alpha value is -0.750. The summed E-state index contributed by atoms with van der Waals surface area (Å²) < 4.78 is 8.09. The van der Waals surface area contributed by atoms with Gasteiger partial charge in [-0.25, -0.2) is 4.79 Å². The molecule has 2 heterocycles. The first kappa shape index (κ1) is 14.2. The molecule has 0 aliphatic carbocycles. The highest BCUT2D eigenvalue weighted by Gasteiger charge is 2.50. The molecule has 20 heavy (non-hydrogen) atoms. The molecule has 2 aliphatic rings. The molecule has 6 heteroatoms. The number of nitrogens with one attached hydrogen (secondary N) is 1. The number of hydrogen-bond donors (Lipinski definition) is 1. The first-order valence-corrected chi connectivity index (χ1v) is 8.18. The van der Waals surface area contributed by atoms with E-state index in [0.717, 1.165) is 26.7 Å². The predicted molar refractivity (Wildman–Crippen MR) is 83.7 cm³/mol. The van der Waals surface area contributed by atoms with E-state index in [9.17, 15) is 4.79 Å². The van der Waals surface area contributed by atoms with Gasteiger partial charge in [-0.1, -0.05) is 15.9 Å². The summed E-state index contributed by atoms with van der Waals surface area (Å²) in [4.78, 5) is 14.1. The zero-order chi connectivity index (χ0) is 14.7. The highest BCUT2D eigenvalue weighted by Crippen LogP contribution is 2.48. The lowest BCUT2D eigenvalue weighted by Gasteiger charge is -2.52. The topological polar surface area (TPSA) is 41.6 Å². The van der Waals surface area contributed by atoms with Gasteiger partial charge in [-0.15, -0.1) is 0 Å². The Morgan fingerprint density at radius 3 is 2.80 bits per heavy atom. The lowest BCUT2D eigenvalue weighted by Crippen LogP contribution is -2.66. The van der Waals surface area contributed by atoms with Crippen molar-refractivity contribution in [3.8, 4) is 5.75 Å². The van der Waals surface area contributed by atoms with Crippen molar-refractivity contribution in [3.05, 3.63) is 26.6 Å². The van der Waals surface area contributed by atoms with Crippen LogP contribution in [0.1, 0.15) is 38.8 Å². The van der Waals surface area contributed by atoms with Crippen molar-refractivity contribution in [2.75, 3.05) is 0 Å². The van der Waals surface area contributed by atoms with Crippen LogP contribution in [0.15, 0.2) is 21.1 Å². The summed E-state index contributed by atoms with van der Waals surface area (Å²) in [6.45, 7) is 5.98. The minimum Gasteiger partial charge on any atom is -0.466 e. The molecule has 2 amide bonds. The Morgan fingerprint density at radius 2 is 2.15 bits per heavy atom. The van der Waals surface area contributed by atoms with Crippen LogP contribution in [0.5, 0.6) is 5.75 Å². The SMILES string of the molecule is CC(C)N1C(=O)NC2CC1(C)Oc1c(Br)cc(Br)cc12. The van der Waals surface area contributed by atoms with Crippen molar-refractivity contribution in [2.24, 2.45) is 0 Å². The van der Waals surface area contributed by atoms with Gasteiger partial charge in [0.2, 0.25) is 0 Å². The maximum atomic E-state index is 12.3. The molecule has 2 unspecified atom stereocenters. The minimum atomic E-state index is -0.607. The maximum Gasteiger partial charge on any atom is 0.321 e. The number of carbonyl (C=O) groups excluding carboxylic acids is 1. The van der Waals surface area contributed by atoms with Gasteiger partial charge in [-0.05, 0) is 48.8 Å². The van der Waals surface area contributed by atoms with Crippen LogP contribution in [-0.4, -0.2) is 22.7 Å². The van der Waals surface area contributed by atoms with Crippen LogP contribution in [0, 0.1) is 0 Å². The smallest absolute Gasteiger partial charge is 0.321 e. The summed E-state index contributed by atoms with van der Waals surface area (Å²) in [5.41, 5.74) is 0.408. The second kappa shape index (κ2) is 4.63. The first-order chi connectivity index (χ1) is 9.32. The van der Waals surface area contributed by atoms with Crippen molar-refractivity contribution >= 4 is 37.9 Å². The van der Waals surface area contributed by atoms with E-state index in [1.807, 2.05) is 32.9 Å². The van der Waals surface area contributed by atoms with E-state index in [1.54, 1.807) is 4.90 Å². The van der Waals surface area contributed by atoms with Crippen LogP contribution < -0.4 is 10.1 Å². The van der Waals surface area contributed by atoms with Gasteiger partial charge in [-0.2, -0.15) is 0 Å². The van der Waals surface area contributed by atoms with Gasteiger partial charge in [0.1, 0.15) is 5.75 Å². The molecule has 2 atom stereocenters. The number of ether oxygens (including phenoxy) is 1. The quantitative estimate of drug-likeness (QED) is 0.763. The molecule has 0 spiro atoms. The fourth-order valence-corrected chi connectivity index (χ4v) is 4.53. The zero-order valence-corrected chi connectivity index (χ0v) is 14.7. The van der Waals surface area contributed by atoms with Gasteiger partial charge >= 0.3 is 6.03 Å². The lowest BCUT2D eigenvalue weighted by atomic mass is 9.90. The van der Waals surface area contributed by atoms with Gasteiger partial charge in [-0.3, -0.25) is 4.90 Å². The standard InChI is InChI=1S/C14H16Br2N2O2/c1-7(2)18-13(19)17-11-6-14(18,3)20-12-9(11)4-8(15)5-10(12)16/h4-5,7,11H,6H2,1-3H3,(H,17,19). The van der Waals surface area contributed by atoms with Crippen molar-refractivity contribution < 1.29 is 9.53 Å². The van der Waals surface area contributed by atoms with Crippen molar-refractivity contribution in [2.45, 2.75) is 45.0 Å². The minimum absolute atomic E-state index is 0.0138. The molecule has 0 radical (unpaired) electrons. The molecule has 1 aromatic carbocycles. The first-order valence-electron chi connectivity index (χ1n) is 6.59. The van der Waals surface area contributed by atoms with Crippen molar-refractivity contribution in [3.63, 3.8) is 0 Å². The average molecular weight is 404 g/mol. The van der Waals surface area contributed by atoms with Crippen molar-refractivity contribution in [1.82, 2.24) is 10.2 Å². The normalized spacial score (nSPS) is 28.0. The highest BCUT2D eigenvalue weighted by molar-refractivity contribution is 9.11. The van der Waals surface area contributed by atoms with E-state index in [-0.39, 0.29) is 18.1 Å². The second-order valence-corrected chi connectivity index (χ2v) is 7.52. The Bertz CT molecular complexity index is 591. The molecule has 0 aromatic heterocycles. The largest absolute Gasteiger partial charge is 0.466 e. The summed E-state index contributed by atoms with van der Waals surface area (Å²) in [7, 11) is 0. The number of benzene rings is 1. The third-order valence-electron chi connectivity index (χ3n) is 3.86. The summed E-state index contributed by atoms with van der Waals surface area (Å²) in [6.07, 6.45) is 0.743. The maximum absolute atomic E-state index is 12.3. The van der Waals surface area contributed by atoms with Gasteiger partial charge < -0.3 is 10.1 Å². The Morgan fingerprint density at radius 1 is 1.45 bits per heavy atom. The summed E-state index contributed by atoms with van der Waals surface area (Å²) in [5.74, 6) is 0.817. The molecule has 1 saturated heterocycles. The van der Waals surface area contributed by atoms with Crippen LogP contribution in [0.25, 0.3) is 0 Å². The molecule has 2 aliphatic heterocycles. The number of amides is 2. The molecule has 1 aromatic rings. The number of fused-ring (bicyclic) bond motifs is 4. The molecular weight excluding hydrogens is 388 g/mol. The summed E-state index contributed by atoms with van der Waals surface area (Å²) in [6, 6.07) is 3.97. The molecule has 2 bridgehead atoms. The number of nitrogens with zero attached hydrogens (tertiary/aromatic N) is 1. The molecular formula is C14H16Br2N2O2. The zero-order valence-electron chi connectivity index (χ0n) is 11.5. The molecule has 3 rings (SSSR count). The van der Waals surface area contributed by atoms with Crippen LogP contribution in [0.3, 0.4) is 0 Å². The number of hydrogen-bond acceptors (Lipinski definition) is 2. The van der Waals surface area contributed by atoms with Crippen molar-refractivity contribution in [1.29, 1.82) is 0 Å². The predicted octanol–water partition coefficient (Wildman–Crippen LogP) is 4.19. The molecule has 0 saturated carbocycles. The van der Waals surface area contributed by atoms with E-state index in [4.69, 9.17) is 4.74 Å². The Labute approximate surface area is 135 Å². The van der Waals surface area contributed by atoms with Gasteiger partial charge in [0.05, 0.1) is 10.5 Å². The van der Waals surface area contributed by atoms with Gasteiger partial charge in [0.15, 0.2) is 5.72 Å². The second-order valence-electron chi connectivity index (χ2n) is 5.75. The van der Waals surface area contributed by atoms with Crippen LogP contribution in [0.4, 0.5) is 4.79 Å². The summed E-state index contributed by atoms with van der Waals surface area (Å²) in [5, 5.41) is 3.08. The van der Waals surface area contributed by atoms with Crippen LogP contribution in [0.2, 0.25) is 0 Å². The Balaban J connectivity index is 2.13. The fraction of sp³-hybridized carbons (Fsp3) is 0.500. The third-order valence-corrected chi connectivity index (χ3v) is 4.91. The molecule has 108 valence electrons. The van der Waals surface area contributed by atoms with Gasteiger partial charge in [0, 0.05) is 22.5 Å². The lowest BCUT2D eigenvalue weighted by molar-refractivity contribution is -0.0968.